The van der Waals surface area contributed by atoms with Crippen LogP contribution < -0.4 is 0 Å². The normalized spacial score (nSPS) is 8.12. The molecule has 0 heterocycles. The Labute approximate surface area is 152 Å². The number of rotatable bonds is 1. The Kier molecular flexibility index (Phi) is 14.1. The molecule has 0 unspecified atom stereocenters. The lowest BCUT2D eigenvalue weighted by Crippen LogP contribution is -1.62. The van der Waals surface area contributed by atoms with Gasteiger partial charge in [0.25, 0.3) is 0 Å². The van der Waals surface area contributed by atoms with Crippen molar-refractivity contribution in [3.8, 4) is 0 Å². The van der Waals surface area contributed by atoms with Gasteiger partial charge in [-0.2, -0.15) is 0 Å². The van der Waals surface area contributed by atoms with Crippen LogP contribution >= 0.6 is 0 Å². The fraction of sp³-hybridized carbons (Fsp3) is 0.125. The van der Waals surface area contributed by atoms with Crippen molar-refractivity contribution in [2.75, 3.05) is 0 Å². The Morgan fingerprint density at radius 3 is 0.840 bits per heavy atom. The standard InChI is InChI=1S/3C7H8.C3H4O/c3*1-7-5-3-2-4-6-7;1-2-3-4/h3*2-6H,1H3;2-3H,1H2. The minimum absolute atomic E-state index is 0.639. The van der Waals surface area contributed by atoms with E-state index < -0.39 is 0 Å². The topological polar surface area (TPSA) is 17.1 Å². The van der Waals surface area contributed by atoms with Crippen LogP contribution in [0.2, 0.25) is 0 Å². The molecule has 0 N–H and O–H groups in total. The first-order valence-electron chi connectivity index (χ1n) is 8.21. The van der Waals surface area contributed by atoms with Crippen molar-refractivity contribution < 1.29 is 4.79 Å². The van der Waals surface area contributed by atoms with Crippen LogP contribution in [-0.2, 0) is 4.79 Å². The summed E-state index contributed by atoms with van der Waals surface area (Å²) >= 11 is 0. The van der Waals surface area contributed by atoms with Crippen LogP contribution in [0.4, 0.5) is 0 Å². The average Bonchev–Trinajstić information content (AvgIpc) is 2.65. The zero-order chi connectivity index (χ0) is 18.8. The molecule has 1 nitrogen and oxygen atoms in total. The van der Waals surface area contributed by atoms with Crippen molar-refractivity contribution >= 4 is 6.29 Å². The number of benzene rings is 3. The molecule has 3 rings (SSSR count). The summed E-state index contributed by atoms with van der Waals surface area (Å²) in [6.07, 6.45) is 1.83. The highest BCUT2D eigenvalue weighted by atomic mass is 16.1. The summed E-state index contributed by atoms with van der Waals surface area (Å²) in [4.78, 5) is 9.06. The molecule has 130 valence electrons. The zero-order valence-electron chi connectivity index (χ0n) is 15.4. The minimum Gasteiger partial charge on any atom is -0.299 e. The molecule has 0 saturated carbocycles. The van der Waals surface area contributed by atoms with E-state index in [4.69, 9.17) is 4.79 Å². The summed E-state index contributed by atoms with van der Waals surface area (Å²) in [5.74, 6) is 0. The number of hydrogen-bond acceptors (Lipinski definition) is 1. The third kappa shape index (κ3) is 15.7. The second kappa shape index (κ2) is 15.9. The third-order valence-corrected chi connectivity index (χ3v) is 2.92. The van der Waals surface area contributed by atoms with E-state index in [9.17, 15) is 0 Å². The van der Waals surface area contributed by atoms with Crippen molar-refractivity contribution in [1.82, 2.24) is 0 Å². The van der Waals surface area contributed by atoms with Gasteiger partial charge in [0, 0.05) is 0 Å². The summed E-state index contributed by atoms with van der Waals surface area (Å²) in [6, 6.07) is 30.8. The summed E-state index contributed by atoms with van der Waals surface area (Å²) in [7, 11) is 0. The first-order chi connectivity index (χ1) is 12.1. The molecule has 0 aromatic heterocycles. The van der Waals surface area contributed by atoms with E-state index in [1.54, 1.807) is 0 Å². The lowest BCUT2D eigenvalue weighted by molar-refractivity contribution is -0.104. The lowest BCUT2D eigenvalue weighted by Gasteiger charge is -1.82. The highest BCUT2D eigenvalue weighted by Crippen LogP contribution is 1.93. The van der Waals surface area contributed by atoms with Gasteiger partial charge in [0.2, 0.25) is 0 Å². The predicted molar refractivity (Wildman–Crippen MR) is 110 cm³/mol. The van der Waals surface area contributed by atoms with Gasteiger partial charge in [0.1, 0.15) is 6.29 Å². The van der Waals surface area contributed by atoms with Crippen molar-refractivity contribution in [2.24, 2.45) is 0 Å². The molecule has 0 aliphatic carbocycles. The molecule has 25 heavy (non-hydrogen) atoms. The van der Waals surface area contributed by atoms with Gasteiger partial charge in [0.15, 0.2) is 0 Å². The van der Waals surface area contributed by atoms with Crippen molar-refractivity contribution in [1.29, 1.82) is 0 Å². The van der Waals surface area contributed by atoms with Crippen LogP contribution in [0.5, 0.6) is 0 Å². The second-order valence-corrected chi connectivity index (χ2v) is 5.34. The van der Waals surface area contributed by atoms with E-state index in [1.165, 1.54) is 22.8 Å². The summed E-state index contributed by atoms with van der Waals surface area (Å²) < 4.78 is 0. The van der Waals surface area contributed by atoms with E-state index in [2.05, 4.69) is 63.7 Å². The van der Waals surface area contributed by atoms with Crippen molar-refractivity contribution in [3.05, 3.63) is 120 Å². The number of allylic oxidation sites excluding steroid dienone is 1. The Bertz CT molecular complexity index is 563. The SMILES string of the molecule is C=CC=O.Cc1ccccc1.Cc1ccccc1.Cc1ccccc1. The van der Waals surface area contributed by atoms with Gasteiger partial charge in [-0.25, -0.2) is 0 Å². The lowest BCUT2D eigenvalue weighted by atomic mass is 10.2. The molecule has 0 aliphatic rings. The molecule has 3 aromatic rings. The Morgan fingerprint density at radius 2 is 0.760 bits per heavy atom. The molecule has 1 heteroatoms. The molecule has 0 atom stereocenters. The Balaban J connectivity index is 0.000000314. The number of aryl methyl sites for hydroxylation is 3. The third-order valence-electron chi connectivity index (χ3n) is 2.92. The molecule has 0 saturated heterocycles. The maximum atomic E-state index is 9.06. The van der Waals surface area contributed by atoms with E-state index in [1.807, 2.05) is 54.6 Å². The van der Waals surface area contributed by atoms with Crippen LogP contribution in [0.15, 0.2) is 104 Å². The molecule has 0 radical (unpaired) electrons. The van der Waals surface area contributed by atoms with E-state index in [0.29, 0.717) is 6.29 Å². The van der Waals surface area contributed by atoms with Crippen LogP contribution in [0, 0.1) is 20.8 Å². The van der Waals surface area contributed by atoms with Crippen LogP contribution in [0.25, 0.3) is 0 Å². The monoisotopic (exact) mass is 332 g/mol. The molecule has 0 spiro atoms. The highest BCUT2D eigenvalue weighted by molar-refractivity contribution is 5.63. The molecule has 0 bridgehead atoms. The maximum Gasteiger partial charge on any atom is 0.142 e. The second-order valence-electron chi connectivity index (χ2n) is 5.34. The zero-order valence-corrected chi connectivity index (χ0v) is 15.4. The Hall–Kier alpha value is -2.93. The average molecular weight is 332 g/mol. The number of carbonyl (C=O) groups is 1. The molecule has 0 aliphatic heterocycles. The largest absolute Gasteiger partial charge is 0.299 e. The van der Waals surface area contributed by atoms with Crippen molar-refractivity contribution in [2.45, 2.75) is 20.8 Å². The summed E-state index contributed by atoms with van der Waals surface area (Å²) in [6.45, 7) is 9.36. The predicted octanol–water partition coefficient (Wildman–Crippen LogP) is 6.36. The van der Waals surface area contributed by atoms with Gasteiger partial charge >= 0.3 is 0 Å². The van der Waals surface area contributed by atoms with Gasteiger partial charge in [-0.15, -0.1) is 0 Å². The molecule has 3 aromatic carbocycles. The van der Waals surface area contributed by atoms with Crippen LogP contribution in [-0.4, -0.2) is 6.29 Å². The van der Waals surface area contributed by atoms with Crippen LogP contribution in [0.3, 0.4) is 0 Å². The first kappa shape index (κ1) is 22.1. The number of aldehydes is 1. The van der Waals surface area contributed by atoms with E-state index >= 15 is 0 Å². The smallest absolute Gasteiger partial charge is 0.142 e. The van der Waals surface area contributed by atoms with Gasteiger partial charge in [-0.1, -0.05) is 114 Å². The quantitative estimate of drug-likeness (QED) is 0.374. The maximum absolute atomic E-state index is 9.06. The number of carbonyl (C=O) groups excluding carboxylic acids is 1. The van der Waals surface area contributed by atoms with Crippen LogP contribution in [0.1, 0.15) is 16.7 Å². The van der Waals surface area contributed by atoms with Gasteiger partial charge in [-0.3, -0.25) is 4.79 Å². The minimum atomic E-state index is 0.639. The molecular formula is C24H28O. The molecule has 0 fully saturated rings. The molecule has 0 amide bonds. The summed E-state index contributed by atoms with van der Waals surface area (Å²) in [5, 5.41) is 0. The van der Waals surface area contributed by atoms with Gasteiger partial charge in [0.05, 0.1) is 0 Å². The van der Waals surface area contributed by atoms with Crippen molar-refractivity contribution in [3.63, 3.8) is 0 Å². The number of hydrogen-bond donors (Lipinski definition) is 0. The van der Waals surface area contributed by atoms with Gasteiger partial charge in [-0.05, 0) is 26.8 Å². The van der Waals surface area contributed by atoms with Gasteiger partial charge < -0.3 is 0 Å². The first-order valence-corrected chi connectivity index (χ1v) is 8.21. The summed E-state index contributed by atoms with van der Waals surface area (Å²) in [5.41, 5.74) is 3.97. The van der Waals surface area contributed by atoms with E-state index in [0.717, 1.165) is 0 Å². The highest BCUT2D eigenvalue weighted by Gasteiger charge is 1.73. The Morgan fingerprint density at radius 1 is 0.560 bits per heavy atom. The van der Waals surface area contributed by atoms with E-state index in [-0.39, 0.29) is 0 Å². The fourth-order valence-electron chi connectivity index (χ4n) is 1.60. The fourth-order valence-corrected chi connectivity index (χ4v) is 1.60. The molecular weight excluding hydrogens is 304 g/mol.